The van der Waals surface area contributed by atoms with Crippen LogP contribution in [0.3, 0.4) is 0 Å². The molecule has 2 atom stereocenters. The summed E-state index contributed by atoms with van der Waals surface area (Å²) in [6, 6.07) is 5.83. The molecule has 2 nitrogen and oxygen atoms in total. The number of nitrogens with zero attached hydrogens (tertiary/aromatic N) is 1. The molecular formula is C17H23NOS. The molecule has 1 aliphatic heterocycles. The summed E-state index contributed by atoms with van der Waals surface area (Å²) in [5.74, 6) is 1.79. The number of aryl methyl sites for hydroxylation is 1. The van der Waals surface area contributed by atoms with Crippen molar-refractivity contribution in [1.29, 1.82) is 0 Å². The maximum absolute atomic E-state index is 12.6. The standard InChI is InChI=1S/C17H23NOS/c1-12-6-7-14(10-16(12)20)17(19)18-9-8-13-4-2-3-5-15(13)11-18/h6-7,10,13,15,20H,2-5,8-9,11H2,1H3. The van der Waals surface area contributed by atoms with Crippen LogP contribution in [-0.4, -0.2) is 23.9 Å². The molecule has 1 aliphatic carbocycles. The number of rotatable bonds is 1. The number of carbonyl (C=O) groups excluding carboxylic acids is 1. The summed E-state index contributed by atoms with van der Waals surface area (Å²) in [5.41, 5.74) is 1.91. The Kier molecular flexibility index (Phi) is 4.06. The van der Waals surface area contributed by atoms with E-state index >= 15 is 0 Å². The predicted octanol–water partition coefficient (Wildman–Crippen LogP) is 3.94. The molecule has 2 fully saturated rings. The van der Waals surface area contributed by atoms with Crippen LogP contribution in [0.2, 0.25) is 0 Å². The van der Waals surface area contributed by atoms with Crippen molar-refractivity contribution in [3.05, 3.63) is 29.3 Å². The Bertz CT molecular complexity index is 514. The van der Waals surface area contributed by atoms with Crippen molar-refractivity contribution in [2.75, 3.05) is 13.1 Å². The molecule has 2 aliphatic rings. The number of hydrogen-bond donors (Lipinski definition) is 1. The first kappa shape index (κ1) is 14.0. The van der Waals surface area contributed by atoms with Gasteiger partial charge in [0.05, 0.1) is 0 Å². The van der Waals surface area contributed by atoms with E-state index in [9.17, 15) is 4.79 Å². The first-order valence-electron chi connectivity index (χ1n) is 7.74. The van der Waals surface area contributed by atoms with Crippen molar-refractivity contribution in [3.63, 3.8) is 0 Å². The second-order valence-electron chi connectivity index (χ2n) is 6.35. The van der Waals surface area contributed by atoms with Gasteiger partial charge in [-0.3, -0.25) is 4.79 Å². The van der Waals surface area contributed by atoms with Gasteiger partial charge in [0.25, 0.3) is 5.91 Å². The number of benzene rings is 1. The van der Waals surface area contributed by atoms with Gasteiger partial charge in [-0.15, -0.1) is 12.6 Å². The van der Waals surface area contributed by atoms with Crippen molar-refractivity contribution < 1.29 is 4.79 Å². The summed E-state index contributed by atoms with van der Waals surface area (Å²) in [6.45, 7) is 3.90. The minimum absolute atomic E-state index is 0.185. The van der Waals surface area contributed by atoms with E-state index in [1.807, 2.05) is 25.1 Å². The number of carbonyl (C=O) groups is 1. The molecule has 3 heteroatoms. The van der Waals surface area contributed by atoms with E-state index in [1.54, 1.807) is 0 Å². The molecule has 1 aromatic carbocycles. The van der Waals surface area contributed by atoms with Gasteiger partial charge in [-0.25, -0.2) is 0 Å². The molecule has 2 unspecified atom stereocenters. The highest BCUT2D eigenvalue weighted by atomic mass is 32.1. The fraction of sp³-hybridized carbons (Fsp3) is 0.588. The van der Waals surface area contributed by atoms with E-state index in [0.717, 1.165) is 40.9 Å². The van der Waals surface area contributed by atoms with E-state index in [2.05, 4.69) is 17.5 Å². The normalized spacial score (nSPS) is 26.2. The van der Waals surface area contributed by atoms with Crippen molar-refractivity contribution in [2.45, 2.75) is 43.9 Å². The van der Waals surface area contributed by atoms with E-state index in [-0.39, 0.29) is 5.91 Å². The Morgan fingerprint density at radius 1 is 1.20 bits per heavy atom. The highest BCUT2D eigenvalue weighted by molar-refractivity contribution is 7.80. The average Bonchev–Trinajstić information content (AvgIpc) is 2.49. The summed E-state index contributed by atoms with van der Waals surface area (Å²) in [5, 5.41) is 0. The van der Waals surface area contributed by atoms with Crippen molar-refractivity contribution in [3.8, 4) is 0 Å². The van der Waals surface area contributed by atoms with Crippen LogP contribution in [0.25, 0.3) is 0 Å². The molecule has 108 valence electrons. The van der Waals surface area contributed by atoms with Gasteiger partial charge in [0.2, 0.25) is 0 Å². The van der Waals surface area contributed by atoms with Crippen LogP contribution < -0.4 is 0 Å². The summed E-state index contributed by atoms with van der Waals surface area (Å²) < 4.78 is 0. The minimum atomic E-state index is 0.185. The first-order chi connectivity index (χ1) is 9.65. The van der Waals surface area contributed by atoms with E-state index < -0.39 is 0 Å². The number of amides is 1. The fourth-order valence-corrected chi connectivity index (χ4v) is 3.92. The van der Waals surface area contributed by atoms with Crippen LogP contribution in [-0.2, 0) is 0 Å². The van der Waals surface area contributed by atoms with Gasteiger partial charge in [-0.1, -0.05) is 25.3 Å². The zero-order valence-electron chi connectivity index (χ0n) is 12.1. The van der Waals surface area contributed by atoms with Crippen molar-refractivity contribution in [2.24, 2.45) is 11.8 Å². The van der Waals surface area contributed by atoms with Crippen LogP contribution in [0.4, 0.5) is 0 Å². The highest BCUT2D eigenvalue weighted by Crippen LogP contribution is 2.36. The topological polar surface area (TPSA) is 20.3 Å². The molecule has 1 heterocycles. The third kappa shape index (κ3) is 2.73. The average molecular weight is 289 g/mol. The molecule has 0 bridgehead atoms. The van der Waals surface area contributed by atoms with E-state index in [0.29, 0.717) is 0 Å². The largest absolute Gasteiger partial charge is 0.338 e. The molecule has 0 spiro atoms. The van der Waals surface area contributed by atoms with E-state index in [4.69, 9.17) is 0 Å². The van der Waals surface area contributed by atoms with Crippen LogP contribution in [0.15, 0.2) is 23.1 Å². The maximum Gasteiger partial charge on any atom is 0.253 e. The second-order valence-corrected chi connectivity index (χ2v) is 6.83. The van der Waals surface area contributed by atoms with Gasteiger partial charge in [0.1, 0.15) is 0 Å². The lowest BCUT2D eigenvalue weighted by molar-refractivity contribution is 0.0520. The quantitative estimate of drug-likeness (QED) is 0.777. The number of hydrogen-bond acceptors (Lipinski definition) is 2. The van der Waals surface area contributed by atoms with Crippen LogP contribution in [0.5, 0.6) is 0 Å². The zero-order valence-corrected chi connectivity index (χ0v) is 13.0. The van der Waals surface area contributed by atoms with Gasteiger partial charge >= 0.3 is 0 Å². The van der Waals surface area contributed by atoms with Crippen LogP contribution >= 0.6 is 12.6 Å². The van der Waals surface area contributed by atoms with Crippen LogP contribution in [0.1, 0.15) is 48.0 Å². The molecule has 1 amide bonds. The summed E-state index contributed by atoms with van der Waals surface area (Å²) in [7, 11) is 0. The lowest BCUT2D eigenvalue weighted by atomic mass is 9.75. The Hall–Kier alpha value is -0.960. The molecule has 0 N–H and O–H groups in total. The van der Waals surface area contributed by atoms with Crippen molar-refractivity contribution >= 4 is 18.5 Å². The number of piperidine rings is 1. The predicted molar refractivity (Wildman–Crippen MR) is 84.4 cm³/mol. The lowest BCUT2D eigenvalue weighted by Crippen LogP contribution is -2.44. The van der Waals surface area contributed by atoms with E-state index in [1.165, 1.54) is 32.1 Å². The smallest absolute Gasteiger partial charge is 0.253 e. The second kappa shape index (κ2) is 5.80. The number of fused-ring (bicyclic) bond motifs is 1. The van der Waals surface area contributed by atoms with Gasteiger partial charge < -0.3 is 4.90 Å². The number of thiol groups is 1. The lowest BCUT2D eigenvalue weighted by Gasteiger charge is -2.41. The van der Waals surface area contributed by atoms with Gasteiger partial charge in [0, 0.05) is 23.5 Å². The summed E-state index contributed by atoms with van der Waals surface area (Å²) >= 11 is 4.43. The van der Waals surface area contributed by atoms with Gasteiger partial charge in [-0.05, 0) is 49.3 Å². The minimum Gasteiger partial charge on any atom is -0.338 e. The molecule has 0 radical (unpaired) electrons. The summed E-state index contributed by atoms with van der Waals surface area (Å²) in [6.07, 6.45) is 6.60. The molecule has 3 rings (SSSR count). The molecule has 1 aromatic rings. The first-order valence-corrected chi connectivity index (χ1v) is 8.19. The zero-order chi connectivity index (χ0) is 14.1. The molecule has 0 aromatic heterocycles. The third-order valence-corrected chi connectivity index (χ3v) is 5.52. The molecule has 20 heavy (non-hydrogen) atoms. The molecular weight excluding hydrogens is 266 g/mol. The maximum atomic E-state index is 12.6. The summed E-state index contributed by atoms with van der Waals surface area (Å²) in [4.78, 5) is 15.6. The van der Waals surface area contributed by atoms with Gasteiger partial charge in [0.15, 0.2) is 0 Å². The Labute approximate surface area is 127 Å². The van der Waals surface area contributed by atoms with Crippen molar-refractivity contribution in [1.82, 2.24) is 4.90 Å². The third-order valence-electron chi connectivity index (χ3n) is 5.03. The Morgan fingerprint density at radius 2 is 1.95 bits per heavy atom. The Balaban J connectivity index is 1.72. The molecule has 1 saturated carbocycles. The van der Waals surface area contributed by atoms with Gasteiger partial charge in [-0.2, -0.15) is 0 Å². The highest BCUT2D eigenvalue weighted by Gasteiger charge is 2.33. The SMILES string of the molecule is Cc1ccc(C(=O)N2CCC3CCCCC3C2)cc1S. The molecule has 1 saturated heterocycles. The Morgan fingerprint density at radius 3 is 2.70 bits per heavy atom. The fourth-order valence-electron chi connectivity index (χ4n) is 3.71. The number of likely N-dealkylation sites (tertiary alicyclic amines) is 1. The monoisotopic (exact) mass is 289 g/mol. The van der Waals surface area contributed by atoms with Crippen LogP contribution in [0, 0.1) is 18.8 Å².